The third-order valence-electron chi connectivity index (χ3n) is 6.89. The van der Waals surface area contributed by atoms with Crippen molar-refractivity contribution >= 4 is 17.3 Å². The van der Waals surface area contributed by atoms with Gasteiger partial charge in [0, 0.05) is 25.2 Å². The van der Waals surface area contributed by atoms with Crippen molar-refractivity contribution in [3.8, 4) is 16.9 Å². The second-order valence-corrected chi connectivity index (χ2v) is 9.33. The first kappa shape index (κ1) is 25.6. The van der Waals surface area contributed by atoms with Crippen LogP contribution in [0.5, 0.6) is 0 Å². The summed E-state index contributed by atoms with van der Waals surface area (Å²) in [4.78, 5) is 27.4. The van der Waals surface area contributed by atoms with Gasteiger partial charge in [-0.15, -0.1) is 5.10 Å². The molecule has 0 bridgehead atoms. The highest BCUT2D eigenvalue weighted by Gasteiger charge is 2.30. The van der Waals surface area contributed by atoms with Crippen LogP contribution >= 0.6 is 0 Å². The smallest absolute Gasteiger partial charge is 0.416 e. The van der Waals surface area contributed by atoms with Gasteiger partial charge in [-0.2, -0.15) is 17.9 Å². The number of pyridine rings is 1. The number of aromatic nitrogens is 3. The van der Waals surface area contributed by atoms with Gasteiger partial charge in [-0.1, -0.05) is 18.2 Å². The fourth-order valence-electron chi connectivity index (χ4n) is 4.90. The number of carbonyl (C=O) groups excluding carboxylic acids is 1. The molecule has 2 aromatic carbocycles. The van der Waals surface area contributed by atoms with Gasteiger partial charge in [-0.25, -0.2) is 9.20 Å². The van der Waals surface area contributed by atoms with Crippen molar-refractivity contribution in [2.45, 2.75) is 32.4 Å². The van der Waals surface area contributed by atoms with E-state index in [1.54, 1.807) is 18.2 Å². The lowest BCUT2D eigenvalue weighted by Crippen LogP contribution is -2.34. The highest BCUT2D eigenvalue weighted by Crippen LogP contribution is 2.31. The summed E-state index contributed by atoms with van der Waals surface area (Å²) in [6, 6.07) is 17.3. The van der Waals surface area contributed by atoms with Gasteiger partial charge < -0.3 is 9.64 Å². The lowest BCUT2D eigenvalue weighted by atomic mass is 9.93. The van der Waals surface area contributed by atoms with Gasteiger partial charge in [-0.3, -0.25) is 4.79 Å². The summed E-state index contributed by atoms with van der Waals surface area (Å²) >= 11 is 0. The van der Waals surface area contributed by atoms with Crippen LogP contribution in [0.3, 0.4) is 0 Å². The van der Waals surface area contributed by atoms with Crippen LogP contribution in [0.1, 0.15) is 31.7 Å². The van der Waals surface area contributed by atoms with Crippen molar-refractivity contribution in [3.63, 3.8) is 0 Å². The zero-order valence-electron chi connectivity index (χ0n) is 20.8. The number of ether oxygens (including phenoxy) is 1. The third-order valence-corrected chi connectivity index (χ3v) is 6.89. The second kappa shape index (κ2) is 10.4. The maximum Gasteiger partial charge on any atom is 0.416 e. The van der Waals surface area contributed by atoms with Gasteiger partial charge in [0.05, 0.1) is 23.6 Å². The summed E-state index contributed by atoms with van der Waals surface area (Å²) in [6.07, 6.45) is -2.18. The van der Waals surface area contributed by atoms with E-state index in [0.29, 0.717) is 41.5 Å². The van der Waals surface area contributed by atoms with Crippen molar-refractivity contribution < 1.29 is 22.7 Å². The van der Waals surface area contributed by atoms with Crippen molar-refractivity contribution in [1.29, 1.82) is 0 Å². The third kappa shape index (κ3) is 5.16. The van der Waals surface area contributed by atoms with Crippen LogP contribution in [-0.2, 0) is 15.7 Å². The topological polar surface area (TPSA) is 68.8 Å². The number of carbonyl (C=O) groups is 1. The Morgan fingerprint density at radius 1 is 0.974 bits per heavy atom. The molecule has 0 amide bonds. The molecule has 198 valence electrons. The first-order valence-electron chi connectivity index (χ1n) is 12.5. The van der Waals surface area contributed by atoms with E-state index in [0.717, 1.165) is 43.8 Å². The molecular weight excluding hydrogens is 497 g/mol. The number of nitrogens with zero attached hydrogens (tertiary/aromatic N) is 4. The summed E-state index contributed by atoms with van der Waals surface area (Å²) in [5.74, 6) is 0.176. The monoisotopic (exact) mass is 524 g/mol. The molecule has 1 aliphatic rings. The van der Waals surface area contributed by atoms with Crippen molar-refractivity contribution in [2.75, 3.05) is 24.6 Å². The Morgan fingerprint density at radius 2 is 1.63 bits per heavy atom. The van der Waals surface area contributed by atoms with Crippen LogP contribution in [0.15, 0.2) is 71.5 Å². The zero-order chi connectivity index (χ0) is 26.9. The number of alkyl halides is 3. The average Bonchev–Trinajstić information content (AvgIpc) is 3.25. The van der Waals surface area contributed by atoms with Crippen LogP contribution < -0.4 is 10.6 Å². The molecule has 1 fully saturated rings. The zero-order valence-corrected chi connectivity index (χ0v) is 20.8. The lowest BCUT2D eigenvalue weighted by Gasteiger charge is -2.33. The fourth-order valence-corrected chi connectivity index (χ4v) is 4.90. The van der Waals surface area contributed by atoms with E-state index < -0.39 is 17.4 Å². The van der Waals surface area contributed by atoms with E-state index in [4.69, 9.17) is 4.74 Å². The van der Waals surface area contributed by atoms with E-state index >= 15 is 0 Å². The maximum absolute atomic E-state index is 13.3. The van der Waals surface area contributed by atoms with Gasteiger partial charge in [0.15, 0.2) is 5.65 Å². The molecule has 0 radical (unpaired) electrons. The normalized spacial score (nSPS) is 14.7. The van der Waals surface area contributed by atoms with Crippen molar-refractivity contribution in [3.05, 3.63) is 82.8 Å². The molecule has 0 N–H and O–H groups in total. The Labute approximate surface area is 217 Å². The first-order valence-corrected chi connectivity index (χ1v) is 12.5. The minimum Gasteiger partial charge on any atom is -0.466 e. The average molecular weight is 525 g/mol. The van der Waals surface area contributed by atoms with Gasteiger partial charge in [0.1, 0.15) is 0 Å². The Kier molecular flexibility index (Phi) is 6.96. The predicted octanol–water partition coefficient (Wildman–Crippen LogP) is 5.34. The molecule has 7 nitrogen and oxygen atoms in total. The van der Waals surface area contributed by atoms with Gasteiger partial charge in [-0.05, 0) is 79.8 Å². The minimum atomic E-state index is -4.43. The summed E-state index contributed by atoms with van der Waals surface area (Å²) in [7, 11) is 0. The maximum atomic E-state index is 13.3. The summed E-state index contributed by atoms with van der Waals surface area (Å²) in [5, 5.41) is 4.45. The number of benzene rings is 2. The number of anilines is 1. The van der Waals surface area contributed by atoms with E-state index in [1.165, 1.54) is 21.2 Å². The summed E-state index contributed by atoms with van der Waals surface area (Å²) in [5.41, 5.74) is 1.76. The number of fused-ring (bicyclic) bond motifs is 1. The Balaban J connectivity index is 1.35. The van der Waals surface area contributed by atoms with E-state index in [1.807, 2.05) is 31.2 Å². The van der Waals surface area contributed by atoms with Crippen LogP contribution in [0.2, 0.25) is 0 Å². The van der Waals surface area contributed by atoms with E-state index in [9.17, 15) is 22.8 Å². The molecule has 0 unspecified atom stereocenters. The summed E-state index contributed by atoms with van der Waals surface area (Å²) < 4.78 is 46.7. The van der Waals surface area contributed by atoms with Gasteiger partial charge in [0.25, 0.3) is 0 Å². The van der Waals surface area contributed by atoms with Crippen molar-refractivity contribution in [1.82, 2.24) is 14.2 Å². The Bertz CT molecular complexity index is 1480. The minimum absolute atomic E-state index is 0.144. The van der Waals surface area contributed by atoms with Gasteiger partial charge >= 0.3 is 17.8 Å². The number of hydrogen-bond acceptors (Lipinski definition) is 5. The number of rotatable bonds is 6. The molecule has 1 aliphatic heterocycles. The molecule has 10 heteroatoms. The van der Waals surface area contributed by atoms with Crippen LogP contribution in [0.25, 0.3) is 22.6 Å². The molecule has 38 heavy (non-hydrogen) atoms. The van der Waals surface area contributed by atoms with Crippen LogP contribution in [0.4, 0.5) is 18.9 Å². The van der Waals surface area contributed by atoms with Crippen molar-refractivity contribution in [2.24, 2.45) is 5.92 Å². The largest absolute Gasteiger partial charge is 0.466 e. The molecule has 5 rings (SSSR count). The highest BCUT2D eigenvalue weighted by molar-refractivity contribution is 5.69. The SMILES string of the molecule is CCOC(=O)CC1CCN(c2ccc(-n3nc4cccc(-c5ccc(C(F)(F)F)cc5)n4c3=O)cc2)CC1. The molecule has 0 spiro atoms. The molecule has 4 aromatic rings. The molecule has 0 saturated carbocycles. The number of piperidine rings is 1. The Morgan fingerprint density at radius 3 is 2.26 bits per heavy atom. The van der Waals surface area contributed by atoms with E-state index in [2.05, 4.69) is 10.00 Å². The predicted molar refractivity (Wildman–Crippen MR) is 137 cm³/mol. The van der Waals surface area contributed by atoms with Crippen LogP contribution in [-0.4, -0.2) is 39.8 Å². The lowest BCUT2D eigenvalue weighted by molar-refractivity contribution is -0.144. The molecule has 3 heterocycles. The van der Waals surface area contributed by atoms with Gasteiger partial charge in [0.2, 0.25) is 0 Å². The molecule has 0 atom stereocenters. The molecule has 0 aliphatic carbocycles. The van der Waals surface area contributed by atoms with E-state index in [-0.39, 0.29) is 5.97 Å². The number of halogens is 3. The molecular formula is C28H27F3N4O3. The van der Waals surface area contributed by atoms with Crippen LogP contribution in [0, 0.1) is 5.92 Å². The first-order chi connectivity index (χ1) is 18.2. The number of esters is 1. The standard InChI is InChI=1S/C28H27F3N4O3/c1-2-38-26(36)18-19-14-16-33(17-15-19)22-10-12-23(13-11-22)35-27(37)34-24(4-3-5-25(34)32-35)20-6-8-21(9-7-20)28(29,30)31/h3-13,19H,2,14-18H2,1H3. The number of hydrogen-bond donors (Lipinski definition) is 0. The summed E-state index contributed by atoms with van der Waals surface area (Å²) in [6.45, 7) is 3.86. The fraction of sp³-hybridized carbons (Fsp3) is 0.321. The second-order valence-electron chi connectivity index (χ2n) is 9.33. The molecule has 2 aromatic heterocycles. The quantitative estimate of drug-likeness (QED) is 0.319. The highest BCUT2D eigenvalue weighted by atomic mass is 19.4. The molecule has 1 saturated heterocycles. The Hall–Kier alpha value is -4.08.